The Hall–Kier alpha value is -1.30. The number of aromatic nitrogens is 2. The average molecular weight is 321 g/mol. The van der Waals surface area contributed by atoms with E-state index in [1.54, 1.807) is 6.92 Å². The summed E-state index contributed by atoms with van der Waals surface area (Å²) in [7, 11) is 0. The standard InChI is InChI=1S/C16H23N3O2S/c1-11-7-15(19(17-11)14-5-3-4-6-14)18-9-13(8-16(18)21)10-22-12(2)20/h7,13-14H,3-6,8-10H2,1-2H3. The molecule has 1 atom stereocenters. The molecule has 0 N–H and O–H groups in total. The van der Waals surface area contributed by atoms with Gasteiger partial charge in [0.05, 0.1) is 11.7 Å². The van der Waals surface area contributed by atoms with E-state index < -0.39 is 0 Å². The molecule has 1 aliphatic heterocycles. The lowest BCUT2D eigenvalue weighted by Gasteiger charge is -2.21. The highest BCUT2D eigenvalue weighted by atomic mass is 32.2. The van der Waals surface area contributed by atoms with Crippen LogP contribution in [-0.2, 0) is 9.59 Å². The number of carbonyl (C=O) groups excluding carboxylic acids is 2. The largest absolute Gasteiger partial charge is 0.297 e. The number of amides is 1. The molecule has 22 heavy (non-hydrogen) atoms. The quantitative estimate of drug-likeness (QED) is 0.855. The van der Waals surface area contributed by atoms with Gasteiger partial charge in [-0.2, -0.15) is 5.10 Å². The summed E-state index contributed by atoms with van der Waals surface area (Å²) in [5.41, 5.74) is 0.969. The van der Waals surface area contributed by atoms with Crippen molar-refractivity contribution in [2.75, 3.05) is 17.2 Å². The molecule has 0 aromatic carbocycles. The summed E-state index contributed by atoms with van der Waals surface area (Å²) in [6.45, 7) is 4.27. The lowest BCUT2D eigenvalue weighted by molar-refractivity contribution is -0.117. The number of rotatable bonds is 4. The second kappa shape index (κ2) is 6.44. The van der Waals surface area contributed by atoms with Gasteiger partial charge in [-0.1, -0.05) is 24.6 Å². The first kappa shape index (κ1) is 15.6. The van der Waals surface area contributed by atoms with Crippen molar-refractivity contribution in [3.8, 4) is 0 Å². The minimum Gasteiger partial charge on any atom is -0.297 e. The molecule has 1 aromatic heterocycles. The number of hydrogen-bond donors (Lipinski definition) is 0. The first-order valence-electron chi connectivity index (χ1n) is 8.04. The highest BCUT2D eigenvalue weighted by molar-refractivity contribution is 8.13. The van der Waals surface area contributed by atoms with Crippen molar-refractivity contribution in [2.24, 2.45) is 5.92 Å². The molecule has 2 aliphatic rings. The van der Waals surface area contributed by atoms with E-state index in [4.69, 9.17) is 0 Å². The Balaban J connectivity index is 1.76. The third-order valence-corrected chi connectivity index (χ3v) is 5.56. The second-order valence-corrected chi connectivity index (χ2v) is 7.60. The molecule has 120 valence electrons. The van der Waals surface area contributed by atoms with Gasteiger partial charge in [-0.25, -0.2) is 4.68 Å². The van der Waals surface area contributed by atoms with E-state index in [9.17, 15) is 9.59 Å². The highest BCUT2D eigenvalue weighted by Gasteiger charge is 2.34. The predicted octanol–water partition coefficient (Wildman–Crippen LogP) is 2.94. The van der Waals surface area contributed by atoms with Gasteiger partial charge < -0.3 is 0 Å². The van der Waals surface area contributed by atoms with Crippen molar-refractivity contribution in [1.82, 2.24) is 9.78 Å². The molecule has 1 aromatic rings. The Kier molecular flexibility index (Phi) is 4.57. The first-order valence-corrected chi connectivity index (χ1v) is 9.03. The monoisotopic (exact) mass is 321 g/mol. The molecule has 5 nitrogen and oxygen atoms in total. The van der Waals surface area contributed by atoms with Crippen molar-refractivity contribution in [1.29, 1.82) is 0 Å². The molecular formula is C16H23N3O2S. The maximum atomic E-state index is 12.4. The Morgan fingerprint density at radius 3 is 2.82 bits per heavy atom. The van der Waals surface area contributed by atoms with Crippen LogP contribution in [0.4, 0.5) is 5.82 Å². The van der Waals surface area contributed by atoms with Gasteiger partial charge in [0, 0.05) is 31.7 Å². The van der Waals surface area contributed by atoms with Crippen LogP contribution in [0.5, 0.6) is 0 Å². The van der Waals surface area contributed by atoms with Gasteiger partial charge in [0.2, 0.25) is 5.91 Å². The third kappa shape index (κ3) is 3.21. The molecular weight excluding hydrogens is 298 g/mol. The Morgan fingerprint density at radius 2 is 2.14 bits per heavy atom. The van der Waals surface area contributed by atoms with Crippen molar-refractivity contribution >= 4 is 28.6 Å². The van der Waals surface area contributed by atoms with Crippen LogP contribution in [0.15, 0.2) is 6.07 Å². The number of carbonyl (C=O) groups is 2. The zero-order valence-corrected chi connectivity index (χ0v) is 14.1. The van der Waals surface area contributed by atoms with Gasteiger partial charge in [0.15, 0.2) is 5.12 Å². The lowest BCUT2D eigenvalue weighted by Crippen LogP contribution is -2.28. The summed E-state index contributed by atoms with van der Waals surface area (Å²) in [5, 5.41) is 4.76. The van der Waals surface area contributed by atoms with Crippen LogP contribution in [0, 0.1) is 12.8 Å². The fourth-order valence-electron chi connectivity index (χ4n) is 3.47. The maximum absolute atomic E-state index is 12.4. The van der Waals surface area contributed by atoms with Crippen LogP contribution >= 0.6 is 11.8 Å². The summed E-state index contributed by atoms with van der Waals surface area (Å²) < 4.78 is 2.07. The molecule has 0 bridgehead atoms. The van der Waals surface area contributed by atoms with E-state index in [1.807, 2.05) is 17.9 Å². The maximum Gasteiger partial charge on any atom is 0.228 e. The average Bonchev–Trinajstić information content (AvgIpc) is 3.15. The third-order valence-electron chi connectivity index (χ3n) is 4.51. The van der Waals surface area contributed by atoms with Gasteiger partial charge >= 0.3 is 0 Å². The molecule has 3 rings (SSSR count). The fourth-order valence-corrected chi connectivity index (χ4v) is 4.17. The van der Waals surface area contributed by atoms with Crippen LogP contribution in [-0.4, -0.2) is 33.1 Å². The van der Waals surface area contributed by atoms with Crippen molar-refractivity contribution in [3.05, 3.63) is 11.8 Å². The Bertz CT molecular complexity index is 578. The van der Waals surface area contributed by atoms with Crippen LogP contribution in [0.1, 0.15) is 50.8 Å². The van der Waals surface area contributed by atoms with Gasteiger partial charge in [0.25, 0.3) is 0 Å². The molecule has 1 unspecified atom stereocenters. The number of anilines is 1. The van der Waals surface area contributed by atoms with E-state index in [2.05, 4.69) is 9.78 Å². The summed E-state index contributed by atoms with van der Waals surface area (Å²) >= 11 is 1.32. The Labute approximate surface area is 135 Å². The van der Waals surface area contributed by atoms with Crippen molar-refractivity contribution in [2.45, 2.75) is 52.0 Å². The topological polar surface area (TPSA) is 55.2 Å². The van der Waals surface area contributed by atoms with Crippen LogP contribution < -0.4 is 4.90 Å². The second-order valence-electron chi connectivity index (χ2n) is 6.40. The predicted molar refractivity (Wildman–Crippen MR) is 88.1 cm³/mol. The molecule has 1 saturated heterocycles. The van der Waals surface area contributed by atoms with Crippen LogP contribution in [0.3, 0.4) is 0 Å². The van der Waals surface area contributed by atoms with E-state index in [0.29, 0.717) is 19.0 Å². The zero-order valence-electron chi connectivity index (χ0n) is 13.2. The van der Waals surface area contributed by atoms with E-state index in [0.717, 1.165) is 30.1 Å². The molecule has 2 fully saturated rings. The molecule has 6 heteroatoms. The normalized spacial score (nSPS) is 22.7. The number of aryl methyl sites for hydroxylation is 1. The summed E-state index contributed by atoms with van der Waals surface area (Å²) in [6.07, 6.45) is 5.33. The van der Waals surface area contributed by atoms with Gasteiger partial charge in [-0.05, 0) is 25.7 Å². The number of thioether (sulfide) groups is 1. The SMILES string of the molecule is CC(=O)SCC1CC(=O)N(c2cc(C)nn2C2CCCC2)C1. The first-order chi connectivity index (χ1) is 10.5. The van der Waals surface area contributed by atoms with Crippen LogP contribution in [0.25, 0.3) is 0 Å². The summed E-state index contributed by atoms with van der Waals surface area (Å²) in [4.78, 5) is 25.4. The van der Waals surface area contributed by atoms with E-state index in [1.165, 1.54) is 24.6 Å². The van der Waals surface area contributed by atoms with Crippen LogP contribution in [0.2, 0.25) is 0 Å². The molecule has 0 radical (unpaired) electrons. The molecule has 2 heterocycles. The minimum atomic E-state index is 0.123. The summed E-state index contributed by atoms with van der Waals surface area (Å²) in [6, 6.07) is 2.46. The van der Waals surface area contributed by atoms with Gasteiger partial charge in [-0.15, -0.1) is 0 Å². The van der Waals surface area contributed by atoms with Gasteiger partial charge in [0.1, 0.15) is 5.82 Å². The zero-order chi connectivity index (χ0) is 15.7. The number of nitrogens with zero attached hydrogens (tertiary/aromatic N) is 3. The van der Waals surface area contributed by atoms with Crippen molar-refractivity contribution < 1.29 is 9.59 Å². The lowest BCUT2D eigenvalue weighted by atomic mass is 10.1. The molecule has 1 amide bonds. The smallest absolute Gasteiger partial charge is 0.228 e. The summed E-state index contributed by atoms with van der Waals surface area (Å²) in [5.74, 6) is 2.10. The molecule has 1 saturated carbocycles. The number of hydrogen-bond acceptors (Lipinski definition) is 4. The van der Waals surface area contributed by atoms with E-state index in [-0.39, 0.29) is 16.9 Å². The molecule has 0 spiro atoms. The van der Waals surface area contributed by atoms with E-state index >= 15 is 0 Å². The van der Waals surface area contributed by atoms with Crippen molar-refractivity contribution in [3.63, 3.8) is 0 Å². The molecule has 1 aliphatic carbocycles. The fraction of sp³-hybridized carbons (Fsp3) is 0.688. The minimum absolute atomic E-state index is 0.123. The highest BCUT2D eigenvalue weighted by Crippen LogP contribution is 2.35. The van der Waals surface area contributed by atoms with Gasteiger partial charge in [-0.3, -0.25) is 14.5 Å². The Morgan fingerprint density at radius 1 is 1.41 bits per heavy atom.